The number of halogens is 2. The Kier molecular flexibility index (Phi) is 8.73. The maximum atomic E-state index is 4.93. The van der Waals surface area contributed by atoms with Gasteiger partial charge in [0.1, 0.15) is 0 Å². The Morgan fingerprint density at radius 3 is 1.83 bits per heavy atom. The predicted octanol–water partition coefficient (Wildman–Crippen LogP) is 7.56. The molecule has 0 spiro atoms. The molecule has 0 aliphatic heterocycles. The molecule has 0 heterocycles. The molecule has 0 amide bonds. The monoisotopic (exact) mass is 537 g/mol. The van der Waals surface area contributed by atoms with Crippen LogP contribution < -0.4 is 10.4 Å². The van der Waals surface area contributed by atoms with Crippen LogP contribution in [0.25, 0.3) is 21.9 Å². The van der Waals surface area contributed by atoms with Crippen LogP contribution in [0.2, 0.25) is 39.3 Å². The fourth-order valence-electron chi connectivity index (χ4n) is 3.75. The van der Waals surface area contributed by atoms with E-state index in [4.69, 9.17) is 17.0 Å². The molecule has 3 rings (SSSR count). The van der Waals surface area contributed by atoms with Crippen LogP contribution in [-0.2, 0) is 27.3 Å². The van der Waals surface area contributed by atoms with Crippen molar-refractivity contribution >= 4 is 54.3 Å². The van der Waals surface area contributed by atoms with E-state index in [0.717, 1.165) is 6.42 Å². The van der Waals surface area contributed by atoms with Gasteiger partial charge in [-0.1, -0.05) is 92.8 Å². The Bertz CT molecular complexity index is 947. The van der Waals surface area contributed by atoms with Crippen molar-refractivity contribution in [3.63, 3.8) is 0 Å². The standard InChI is InChI=1S/C24H33Si2.2ClH.Zr/c1-9-18-10-11-19-12-17(2)13-23(19)24(18)20-14-21(25(3,4)5)16-22(15-20)26(6,7)8;;;/h10-16H,9H2,1-8H3;2*1H;/q-1;;;+2/p-2. The molecule has 0 N–H and O–H groups in total. The van der Waals surface area contributed by atoms with Crippen LogP contribution in [0.1, 0.15) is 18.1 Å². The summed E-state index contributed by atoms with van der Waals surface area (Å²) in [4.78, 5) is 0. The third kappa shape index (κ3) is 6.23. The molecule has 0 fully saturated rings. The summed E-state index contributed by atoms with van der Waals surface area (Å²) >= 11 is -0.826. The third-order valence-corrected chi connectivity index (χ3v) is 9.50. The Morgan fingerprint density at radius 1 is 0.862 bits per heavy atom. The zero-order valence-electron chi connectivity index (χ0n) is 19.0. The molecule has 0 radical (unpaired) electrons. The molecule has 0 aliphatic rings. The van der Waals surface area contributed by atoms with E-state index in [0.29, 0.717) is 0 Å². The van der Waals surface area contributed by atoms with Crippen molar-refractivity contribution in [3.05, 3.63) is 53.6 Å². The molecule has 0 unspecified atom stereocenters. The molecule has 0 saturated carbocycles. The molecular weight excluding hydrogens is 507 g/mol. The zero-order valence-corrected chi connectivity index (χ0v) is 25.0. The van der Waals surface area contributed by atoms with Crippen LogP contribution in [-0.4, -0.2) is 16.1 Å². The van der Waals surface area contributed by atoms with Crippen LogP contribution in [0.4, 0.5) is 0 Å². The minimum absolute atomic E-state index is 0.826. The molecule has 156 valence electrons. The second-order valence-electron chi connectivity index (χ2n) is 9.86. The molecule has 5 heteroatoms. The second kappa shape index (κ2) is 10.0. The van der Waals surface area contributed by atoms with Crippen molar-refractivity contribution in [3.8, 4) is 11.1 Å². The van der Waals surface area contributed by atoms with E-state index in [1.807, 2.05) is 0 Å². The number of hydrogen-bond acceptors (Lipinski definition) is 0. The van der Waals surface area contributed by atoms with E-state index in [-0.39, 0.29) is 0 Å². The summed E-state index contributed by atoms with van der Waals surface area (Å²) < 4.78 is 0. The summed E-state index contributed by atoms with van der Waals surface area (Å²) in [6.07, 6.45) is 1.08. The number of hydrogen-bond donors (Lipinski definition) is 0. The molecule has 0 saturated heterocycles. The van der Waals surface area contributed by atoms with E-state index in [9.17, 15) is 0 Å². The Morgan fingerprint density at radius 2 is 1.38 bits per heavy atom. The van der Waals surface area contributed by atoms with E-state index in [1.54, 1.807) is 10.4 Å². The second-order valence-corrected chi connectivity index (χ2v) is 23.7. The molecule has 0 bridgehead atoms. The first-order chi connectivity index (χ1) is 13.4. The van der Waals surface area contributed by atoms with Gasteiger partial charge in [-0.15, -0.1) is 34.5 Å². The summed E-state index contributed by atoms with van der Waals surface area (Å²) in [5, 5.41) is 5.99. The molecule has 3 aromatic rings. The van der Waals surface area contributed by atoms with Crippen LogP contribution in [0.15, 0.2) is 42.5 Å². The van der Waals surface area contributed by atoms with Gasteiger partial charge in [0.05, 0.1) is 16.1 Å². The van der Waals surface area contributed by atoms with Gasteiger partial charge in [-0.25, -0.2) is 0 Å². The fraction of sp³-hybridized carbons (Fsp3) is 0.375. The predicted molar refractivity (Wildman–Crippen MR) is 137 cm³/mol. The van der Waals surface area contributed by atoms with E-state index in [1.165, 1.54) is 33.0 Å². The number of benzene rings is 2. The van der Waals surface area contributed by atoms with Crippen LogP contribution >= 0.6 is 17.0 Å². The quantitative estimate of drug-likeness (QED) is 0.237. The summed E-state index contributed by atoms with van der Waals surface area (Å²) in [7, 11) is 7.12. The fourth-order valence-corrected chi connectivity index (χ4v) is 6.25. The molecule has 0 aliphatic carbocycles. The van der Waals surface area contributed by atoms with E-state index in [2.05, 4.69) is 95.6 Å². The van der Waals surface area contributed by atoms with Gasteiger partial charge in [-0.05, 0) is 12.0 Å². The van der Waals surface area contributed by atoms with Gasteiger partial charge in [0.2, 0.25) is 0 Å². The normalized spacial score (nSPS) is 11.9. The average molecular weight is 540 g/mol. The van der Waals surface area contributed by atoms with E-state index >= 15 is 0 Å². The van der Waals surface area contributed by atoms with Crippen LogP contribution in [0.3, 0.4) is 0 Å². The Labute approximate surface area is 198 Å². The van der Waals surface area contributed by atoms with Gasteiger partial charge in [0.25, 0.3) is 0 Å². The zero-order chi connectivity index (χ0) is 22.0. The number of rotatable bonds is 4. The van der Waals surface area contributed by atoms with Gasteiger partial charge < -0.3 is 0 Å². The average Bonchev–Trinajstić information content (AvgIpc) is 2.99. The molecule has 3 aromatic carbocycles. The van der Waals surface area contributed by atoms with Crippen LogP contribution in [0, 0.1) is 6.92 Å². The van der Waals surface area contributed by atoms with Crippen molar-refractivity contribution in [1.29, 1.82) is 0 Å². The third-order valence-electron chi connectivity index (χ3n) is 5.46. The first kappa shape index (κ1) is 25.2. The SMILES string of the molecule is CCc1ccc2[cH-]c(C)cc2c1-c1cc([Si](C)(C)C)cc([Si](C)(C)C)c1.[Cl][Zr][Cl]. The minimum atomic E-state index is -1.38. The van der Waals surface area contributed by atoms with Gasteiger partial charge in [-0.2, -0.15) is 6.07 Å². The van der Waals surface area contributed by atoms with Gasteiger partial charge >= 0.3 is 37.9 Å². The van der Waals surface area contributed by atoms with Crippen molar-refractivity contribution in [2.24, 2.45) is 0 Å². The van der Waals surface area contributed by atoms with Crippen LogP contribution in [0.5, 0.6) is 0 Å². The first-order valence-electron chi connectivity index (χ1n) is 10.2. The molecule has 29 heavy (non-hydrogen) atoms. The summed E-state index contributed by atoms with van der Waals surface area (Å²) in [6.45, 7) is 19.3. The summed E-state index contributed by atoms with van der Waals surface area (Å²) in [5.74, 6) is 0. The van der Waals surface area contributed by atoms with E-state index < -0.39 is 37.0 Å². The van der Waals surface area contributed by atoms with Crippen molar-refractivity contribution in [2.45, 2.75) is 59.6 Å². The Hall–Kier alpha value is -0.0531. The summed E-state index contributed by atoms with van der Waals surface area (Å²) in [6, 6.07) is 16.9. The van der Waals surface area contributed by atoms with Gasteiger partial charge in [-0.3, -0.25) is 0 Å². The molecule has 0 nitrogen and oxygen atoms in total. The molecule has 0 atom stereocenters. The van der Waals surface area contributed by atoms with Gasteiger partial charge in [0.15, 0.2) is 0 Å². The first-order valence-corrected chi connectivity index (χ1v) is 23.6. The molecular formula is C24H33Cl2Si2Zr-. The number of fused-ring (bicyclic) bond motifs is 1. The Balaban J connectivity index is 0.000000941. The van der Waals surface area contributed by atoms with Gasteiger partial charge in [0, 0.05) is 0 Å². The molecule has 0 aromatic heterocycles. The topological polar surface area (TPSA) is 0 Å². The van der Waals surface area contributed by atoms with Crippen molar-refractivity contribution in [2.75, 3.05) is 0 Å². The summed E-state index contributed by atoms with van der Waals surface area (Å²) in [5.41, 5.74) is 5.74. The van der Waals surface area contributed by atoms with Crippen molar-refractivity contribution < 1.29 is 20.8 Å². The number of aryl methyl sites for hydroxylation is 2. The maximum absolute atomic E-state index is 4.93. The van der Waals surface area contributed by atoms with Crippen molar-refractivity contribution in [1.82, 2.24) is 0 Å².